The maximum atomic E-state index is 5.32. The Morgan fingerprint density at radius 3 is 2.90 bits per heavy atom. The fourth-order valence-electron chi connectivity index (χ4n) is 2.09. The standard InChI is InChI=1S/C15H23N3O2.HI/c1-19-12-10-17-15(18-13-5-2-3-6-13)16-9-8-14-7-4-11-20-14;/h2-4,7,11,13H,5-6,8-10,12H2,1H3,(H2,16,17,18);1H. The second kappa shape index (κ2) is 10.7. The van der Waals surface area contributed by atoms with Crippen molar-refractivity contribution >= 4 is 29.9 Å². The van der Waals surface area contributed by atoms with Gasteiger partial charge in [0.1, 0.15) is 5.76 Å². The first-order valence-corrected chi connectivity index (χ1v) is 7.09. The molecule has 2 rings (SSSR count). The Bertz CT molecular complexity index is 424. The van der Waals surface area contributed by atoms with Gasteiger partial charge in [-0.05, 0) is 25.0 Å². The van der Waals surface area contributed by atoms with Crippen LogP contribution >= 0.6 is 24.0 Å². The smallest absolute Gasteiger partial charge is 0.191 e. The van der Waals surface area contributed by atoms with E-state index in [1.165, 1.54) is 0 Å². The van der Waals surface area contributed by atoms with Gasteiger partial charge in [0.05, 0.1) is 19.4 Å². The molecule has 2 N–H and O–H groups in total. The van der Waals surface area contributed by atoms with Crippen LogP contribution in [0.1, 0.15) is 18.6 Å². The summed E-state index contributed by atoms with van der Waals surface area (Å²) in [5.41, 5.74) is 0. The minimum atomic E-state index is 0. The largest absolute Gasteiger partial charge is 0.469 e. The van der Waals surface area contributed by atoms with Crippen molar-refractivity contribution in [1.82, 2.24) is 10.6 Å². The van der Waals surface area contributed by atoms with Crippen LogP contribution in [0.25, 0.3) is 0 Å². The number of hydrogen-bond donors (Lipinski definition) is 2. The summed E-state index contributed by atoms with van der Waals surface area (Å²) in [7, 11) is 1.69. The molecular weight excluding hydrogens is 381 g/mol. The molecule has 6 heteroatoms. The Kier molecular flexibility index (Phi) is 9.16. The van der Waals surface area contributed by atoms with Gasteiger partial charge >= 0.3 is 0 Å². The molecule has 0 unspecified atom stereocenters. The molecule has 0 aliphatic heterocycles. The Labute approximate surface area is 143 Å². The number of ether oxygens (including phenoxy) is 1. The number of guanidine groups is 1. The predicted molar refractivity (Wildman–Crippen MR) is 95.3 cm³/mol. The average molecular weight is 405 g/mol. The van der Waals surface area contributed by atoms with E-state index in [2.05, 4.69) is 27.8 Å². The highest BCUT2D eigenvalue weighted by Crippen LogP contribution is 2.08. The van der Waals surface area contributed by atoms with Crippen molar-refractivity contribution in [3.63, 3.8) is 0 Å². The fourth-order valence-corrected chi connectivity index (χ4v) is 2.09. The molecule has 1 aromatic rings. The highest BCUT2D eigenvalue weighted by atomic mass is 127. The number of nitrogens with one attached hydrogen (secondary N) is 2. The molecule has 1 aliphatic rings. The van der Waals surface area contributed by atoms with Crippen LogP contribution in [0.4, 0.5) is 0 Å². The summed E-state index contributed by atoms with van der Waals surface area (Å²) in [6.07, 6.45) is 9.07. The maximum absolute atomic E-state index is 5.32. The van der Waals surface area contributed by atoms with Crippen molar-refractivity contribution in [2.45, 2.75) is 25.3 Å². The number of rotatable bonds is 7. The SMILES string of the molecule is COCCN=C(NCCc1ccco1)NC1CC=CC1.I. The molecule has 0 bridgehead atoms. The van der Waals surface area contributed by atoms with E-state index < -0.39 is 0 Å². The van der Waals surface area contributed by atoms with Gasteiger partial charge in [-0.3, -0.25) is 4.99 Å². The molecule has 21 heavy (non-hydrogen) atoms. The number of methoxy groups -OCH3 is 1. The molecule has 0 aromatic carbocycles. The van der Waals surface area contributed by atoms with E-state index in [0.29, 0.717) is 19.2 Å². The lowest BCUT2D eigenvalue weighted by Crippen LogP contribution is -2.43. The van der Waals surface area contributed by atoms with E-state index in [1.54, 1.807) is 13.4 Å². The van der Waals surface area contributed by atoms with Gasteiger partial charge in [-0.25, -0.2) is 0 Å². The number of hydrogen-bond acceptors (Lipinski definition) is 3. The first kappa shape index (κ1) is 18.0. The van der Waals surface area contributed by atoms with Crippen LogP contribution in [0.3, 0.4) is 0 Å². The molecule has 0 radical (unpaired) electrons. The van der Waals surface area contributed by atoms with Gasteiger partial charge in [-0.1, -0.05) is 12.2 Å². The van der Waals surface area contributed by atoms with E-state index in [1.807, 2.05) is 12.1 Å². The number of furan rings is 1. The van der Waals surface area contributed by atoms with Crippen LogP contribution in [-0.4, -0.2) is 38.8 Å². The first-order chi connectivity index (χ1) is 9.88. The van der Waals surface area contributed by atoms with E-state index >= 15 is 0 Å². The summed E-state index contributed by atoms with van der Waals surface area (Å²) in [6.45, 7) is 2.09. The third kappa shape index (κ3) is 6.99. The van der Waals surface area contributed by atoms with Crippen molar-refractivity contribution < 1.29 is 9.15 Å². The van der Waals surface area contributed by atoms with Gasteiger partial charge in [0.25, 0.3) is 0 Å². The van der Waals surface area contributed by atoms with Gasteiger partial charge in [-0.15, -0.1) is 24.0 Å². The lowest BCUT2D eigenvalue weighted by molar-refractivity contribution is 0.208. The Balaban J connectivity index is 0.00000220. The van der Waals surface area contributed by atoms with Crippen LogP contribution in [0.15, 0.2) is 40.0 Å². The summed E-state index contributed by atoms with van der Waals surface area (Å²) < 4.78 is 10.4. The molecule has 0 fully saturated rings. The number of aliphatic imine (C=N–C) groups is 1. The molecule has 0 spiro atoms. The molecule has 1 aromatic heterocycles. The second-order valence-electron chi connectivity index (χ2n) is 4.76. The summed E-state index contributed by atoms with van der Waals surface area (Å²) in [5, 5.41) is 6.78. The van der Waals surface area contributed by atoms with Gasteiger partial charge < -0.3 is 19.8 Å². The summed E-state index contributed by atoms with van der Waals surface area (Å²) in [4.78, 5) is 4.51. The number of halogens is 1. The van der Waals surface area contributed by atoms with Crippen LogP contribution in [0, 0.1) is 0 Å². The molecule has 0 atom stereocenters. The van der Waals surface area contributed by atoms with Gasteiger partial charge in [-0.2, -0.15) is 0 Å². The Hall–Kier alpha value is -1.02. The van der Waals surface area contributed by atoms with E-state index in [4.69, 9.17) is 9.15 Å². The van der Waals surface area contributed by atoms with Gasteiger partial charge in [0, 0.05) is 26.1 Å². The summed E-state index contributed by atoms with van der Waals surface area (Å²) in [6, 6.07) is 4.34. The van der Waals surface area contributed by atoms with Crippen molar-refractivity contribution in [2.24, 2.45) is 4.99 Å². The molecular formula is C15H24IN3O2. The first-order valence-electron chi connectivity index (χ1n) is 7.09. The van der Waals surface area contributed by atoms with Crippen LogP contribution < -0.4 is 10.6 Å². The minimum Gasteiger partial charge on any atom is -0.469 e. The quantitative estimate of drug-likeness (QED) is 0.240. The summed E-state index contributed by atoms with van der Waals surface area (Å²) >= 11 is 0. The lowest BCUT2D eigenvalue weighted by atomic mass is 10.2. The highest BCUT2D eigenvalue weighted by molar-refractivity contribution is 14.0. The van der Waals surface area contributed by atoms with Crippen molar-refractivity contribution in [3.8, 4) is 0 Å². The lowest BCUT2D eigenvalue weighted by Gasteiger charge is -2.17. The molecule has 0 saturated carbocycles. The van der Waals surface area contributed by atoms with Crippen molar-refractivity contribution in [1.29, 1.82) is 0 Å². The van der Waals surface area contributed by atoms with Gasteiger partial charge in [0.15, 0.2) is 5.96 Å². The summed E-state index contributed by atoms with van der Waals surface area (Å²) in [5.74, 6) is 1.83. The third-order valence-electron chi connectivity index (χ3n) is 3.16. The monoisotopic (exact) mass is 405 g/mol. The topological polar surface area (TPSA) is 58.8 Å². The second-order valence-corrected chi connectivity index (χ2v) is 4.76. The predicted octanol–water partition coefficient (Wildman–Crippen LogP) is 2.34. The Morgan fingerprint density at radius 2 is 2.24 bits per heavy atom. The average Bonchev–Trinajstić information content (AvgIpc) is 3.12. The normalized spacial score (nSPS) is 15.0. The van der Waals surface area contributed by atoms with E-state index in [0.717, 1.165) is 37.5 Å². The fraction of sp³-hybridized carbons (Fsp3) is 0.533. The van der Waals surface area contributed by atoms with Crippen molar-refractivity contribution in [3.05, 3.63) is 36.3 Å². The van der Waals surface area contributed by atoms with Crippen molar-refractivity contribution in [2.75, 3.05) is 26.8 Å². The molecule has 118 valence electrons. The third-order valence-corrected chi connectivity index (χ3v) is 3.16. The van der Waals surface area contributed by atoms with E-state index in [-0.39, 0.29) is 24.0 Å². The molecule has 5 nitrogen and oxygen atoms in total. The van der Waals surface area contributed by atoms with Crippen LogP contribution in [0.2, 0.25) is 0 Å². The zero-order valence-corrected chi connectivity index (χ0v) is 14.7. The molecule has 0 amide bonds. The zero-order chi connectivity index (χ0) is 14.0. The molecule has 1 heterocycles. The Morgan fingerprint density at radius 1 is 1.43 bits per heavy atom. The minimum absolute atomic E-state index is 0. The van der Waals surface area contributed by atoms with E-state index in [9.17, 15) is 0 Å². The zero-order valence-electron chi connectivity index (χ0n) is 12.4. The van der Waals surface area contributed by atoms with Crippen LogP contribution in [-0.2, 0) is 11.2 Å². The highest BCUT2D eigenvalue weighted by Gasteiger charge is 2.11. The molecule has 1 aliphatic carbocycles. The van der Waals surface area contributed by atoms with Crippen LogP contribution in [0.5, 0.6) is 0 Å². The maximum Gasteiger partial charge on any atom is 0.191 e. The molecule has 0 saturated heterocycles. The number of nitrogens with zero attached hydrogens (tertiary/aromatic N) is 1. The van der Waals surface area contributed by atoms with Gasteiger partial charge in [0.2, 0.25) is 0 Å².